The van der Waals surface area contributed by atoms with Gasteiger partial charge in [-0.25, -0.2) is 4.98 Å². The van der Waals surface area contributed by atoms with Gasteiger partial charge in [-0.15, -0.1) is 0 Å². The maximum atomic E-state index is 13.9. The van der Waals surface area contributed by atoms with Gasteiger partial charge in [0.05, 0.1) is 32.1 Å². The van der Waals surface area contributed by atoms with Crippen molar-refractivity contribution in [1.82, 2.24) is 63.1 Å². The summed E-state index contributed by atoms with van der Waals surface area (Å²) in [6.45, 7) is 0.0882. The van der Waals surface area contributed by atoms with Crippen LogP contribution in [0.25, 0.3) is 0 Å². The van der Waals surface area contributed by atoms with E-state index in [1.807, 2.05) is 10.6 Å². The van der Waals surface area contributed by atoms with E-state index < -0.39 is 206 Å². The Kier molecular flexibility index (Phi) is 30.8. The average Bonchev–Trinajstić information content (AvgIpc) is 4.13. The van der Waals surface area contributed by atoms with Gasteiger partial charge in [-0.1, -0.05) is 12.1 Å². The van der Waals surface area contributed by atoms with Crippen LogP contribution in [-0.2, 0) is 80.0 Å². The van der Waals surface area contributed by atoms with Crippen LogP contribution in [0.1, 0.15) is 57.2 Å². The lowest BCUT2D eigenvalue weighted by Gasteiger charge is -2.28. The summed E-state index contributed by atoms with van der Waals surface area (Å²) in [5.41, 5.74) is 16.9. The molecule has 0 spiro atoms. The van der Waals surface area contributed by atoms with E-state index in [0.29, 0.717) is 11.3 Å². The summed E-state index contributed by atoms with van der Waals surface area (Å²) in [7, 11) is 0. The fourth-order valence-electron chi connectivity index (χ4n) is 7.29. The van der Waals surface area contributed by atoms with E-state index in [1.165, 1.54) is 36.8 Å². The number of hydrogen-bond donors (Lipinski definition) is 22. The molecule has 0 saturated heterocycles. The van der Waals surface area contributed by atoms with E-state index >= 15 is 0 Å². The van der Waals surface area contributed by atoms with Crippen molar-refractivity contribution < 1.29 is 97.8 Å². The van der Waals surface area contributed by atoms with Gasteiger partial charge in [0.25, 0.3) is 0 Å². The van der Waals surface area contributed by atoms with Gasteiger partial charge in [-0.3, -0.25) is 67.1 Å². The van der Waals surface area contributed by atoms with Crippen molar-refractivity contribution in [3.05, 3.63) is 48.0 Å². The second-order valence-corrected chi connectivity index (χ2v) is 19.6. The first kappa shape index (κ1) is 72.5. The molecule has 85 heavy (non-hydrogen) atoms. The number of benzene rings is 1. The third-order valence-corrected chi connectivity index (χ3v) is 12.8. The number of aromatic nitrogens is 2. The lowest BCUT2D eigenvalue weighted by molar-refractivity contribution is -0.142. The van der Waals surface area contributed by atoms with E-state index in [4.69, 9.17) is 17.2 Å². The fraction of sp³-hybridized carbons (Fsp3) is 0.521. The zero-order valence-corrected chi connectivity index (χ0v) is 47.4. The van der Waals surface area contributed by atoms with Gasteiger partial charge < -0.3 is 106 Å². The summed E-state index contributed by atoms with van der Waals surface area (Å²) in [6, 6.07) is -13.3. The summed E-state index contributed by atoms with van der Waals surface area (Å²) in [5.74, 6) is -17.9. The van der Waals surface area contributed by atoms with Gasteiger partial charge in [0.15, 0.2) is 0 Å². The van der Waals surface area contributed by atoms with Crippen LogP contribution in [0.3, 0.4) is 0 Å². The number of phenolic OH excluding ortho intramolecular Hbond substituents is 1. The van der Waals surface area contributed by atoms with Gasteiger partial charge in [0, 0.05) is 49.1 Å². The number of phenols is 1. The number of nitrogens with one attached hydrogen (secondary N) is 11. The molecular formula is C48H71N15O20S2. The molecule has 35 nitrogen and oxygen atoms in total. The van der Waals surface area contributed by atoms with Crippen LogP contribution in [0.5, 0.6) is 5.75 Å². The topological polar surface area (TPSA) is 587 Å². The second kappa shape index (κ2) is 36.1. The molecule has 0 fully saturated rings. The minimum absolute atomic E-state index is 0.122. The number of carbonyl (C=O) groups is 14. The number of thiol groups is 2. The summed E-state index contributed by atoms with van der Waals surface area (Å²) in [5, 5.41) is 81.1. The maximum absolute atomic E-state index is 13.9. The number of imidazole rings is 1. The maximum Gasteiger partial charge on any atom is 0.305 e. The molecule has 0 saturated carbocycles. The number of nitrogens with zero attached hydrogens (tertiary/aromatic N) is 1. The van der Waals surface area contributed by atoms with Gasteiger partial charge in [-0.2, -0.15) is 25.3 Å². The molecule has 12 amide bonds. The number of hydrogen-bond acceptors (Lipinski definition) is 22. The van der Waals surface area contributed by atoms with Crippen LogP contribution in [-0.4, -0.2) is 221 Å². The SMILES string of the molecule is C[C@H](NC(=O)[C@H](CCC(=O)O)NC(=O)[C@H](CCC(N)=O)NC(=O)[C@@H](NC(=O)[C@H](CC(=O)O)NC(=O)[C@H](CO)NC(=O)[C@H](CS)NC(=O)[C@H](Cc1cnc[nH]1)NC(=O)[C@@H](N)CO)[C@@H](C)O)C(=O)N[C@@H](Cc1ccc(O)cc1)C(=O)N[C@@H](CS)C(N)=O. The number of nitrogens with two attached hydrogens (primary N) is 3. The number of aliphatic hydroxyl groups excluding tert-OH is 3. The molecule has 0 radical (unpaired) electrons. The highest BCUT2D eigenvalue weighted by molar-refractivity contribution is 7.80. The highest BCUT2D eigenvalue weighted by atomic mass is 32.1. The molecule has 1 heterocycles. The van der Waals surface area contributed by atoms with E-state index in [0.717, 1.165) is 13.8 Å². The quantitative estimate of drug-likeness (QED) is 0.0278. The number of H-pyrrole nitrogens is 1. The fourth-order valence-corrected chi connectivity index (χ4v) is 7.82. The predicted octanol–water partition coefficient (Wildman–Crippen LogP) is -9.59. The van der Waals surface area contributed by atoms with E-state index in [2.05, 4.69) is 77.8 Å². The smallest absolute Gasteiger partial charge is 0.305 e. The largest absolute Gasteiger partial charge is 0.508 e. The van der Waals surface area contributed by atoms with Crippen LogP contribution in [0.2, 0.25) is 0 Å². The third kappa shape index (κ3) is 25.4. The van der Waals surface area contributed by atoms with E-state index in [9.17, 15) is 97.8 Å². The van der Waals surface area contributed by atoms with E-state index in [-0.39, 0.29) is 24.3 Å². The molecule has 2 rings (SSSR count). The first-order valence-electron chi connectivity index (χ1n) is 25.6. The highest BCUT2D eigenvalue weighted by Crippen LogP contribution is 2.13. The summed E-state index contributed by atoms with van der Waals surface area (Å²) in [6.07, 6.45) is -3.78. The van der Waals surface area contributed by atoms with Crippen molar-refractivity contribution in [3.63, 3.8) is 0 Å². The zero-order chi connectivity index (χ0) is 64.2. The second-order valence-electron chi connectivity index (χ2n) is 18.9. The van der Waals surface area contributed by atoms with Crippen molar-refractivity contribution in [1.29, 1.82) is 0 Å². The van der Waals surface area contributed by atoms with Crippen LogP contribution in [0, 0.1) is 0 Å². The number of primary amides is 2. The lowest BCUT2D eigenvalue weighted by atomic mass is 10.0. The Morgan fingerprint density at radius 2 is 1.00 bits per heavy atom. The Hall–Kier alpha value is -8.65. The Labute approximate surface area is 494 Å². The number of aliphatic hydroxyl groups is 3. The molecule has 0 aliphatic carbocycles. The third-order valence-electron chi connectivity index (χ3n) is 12.0. The number of rotatable bonds is 38. The molecule has 2 aromatic rings. The minimum atomic E-state index is -2.16. The van der Waals surface area contributed by atoms with Crippen LogP contribution >= 0.6 is 25.3 Å². The lowest BCUT2D eigenvalue weighted by Crippen LogP contribution is -2.62. The van der Waals surface area contributed by atoms with Crippen LogP contribution in [0.15, 0.2) is 36.8 Å². The van der Waals surface area contributed by atoms with Gasteiger partial charge in [-0.05, 0) is 44.4 Å². The monoisotopic (exact) mass is 1240 g/mol. The first-order valence-corrected chi connectivity index (χ1v) is 26.9. The Morgan fingerprint density at radius 1 is 0.541 bits per heavy atom. The molecule has 1 aromatic heterocycles. The van der Waals surface area contributed by atoms with Crippen molar-refractivity contribution in [2.45, 2.75) is 131 Å². The number of amides is 12. The number of carboxylic acid groups (broad SMARTS) is 2. The van der Waals surface area contributed by atoms with Crippen LogP contribution < -0.4 is 70.4 Å². The normalized spacial score (nSPS) is 15.2. The van der Waals surface area contributed by atoms with Crippen LogP contribution in [0.4, 0.5) is 0 Å². The zero-order valence-electron chi connectivity index (χ0n) is 45.6. The van der Waals surface area contributed by atoms with E-state index in [1.54, 1.807) is 0 Å². The average molecular weight is 1240 g/mol. The number of aromatic amines is 1. The van der Waals surface area contributed by atoms with Gasteiger partial charge in [0.1, 0.15) is 72.2 Å². The number of carbonyl (C=O) groups excluding carboxylic acids is 12. The van der Waals surface area contributed by atoms with Crippen molar-refractivity contribution >= 4 is 108 Å². The van der Waals surface area contributed by atoms with Crippen molar-refractivity contribution in [3.8, 4) is 5.75 Å². The highest BCUT2D eigenvalue weighted by Gasteiger charge is 2.37. The molecule has 12 atom stereocenters. The molecule has 0 aliphatic heterocycles. The standard InChI is InChI=1S/C48H71N15O20S2/c1-20(39(74)57-28(11-22-3-5-24(67)6-4-22)43(78)61-32(17-84)38(51)73)54-41(76)27(8-10-35(69)70)55-42(77)26(7-9-34(50)68)56-48(83)37(21(2)66)63-45(80)30(13-36(71)72)59-46(81)31(16-65)60-47(82)33(18-85)62-44(79)29(12-23-14-52-19-53-23)58-40(75)25(49)15-64/h3-6,14,19-21,25-33,37,64-67,84-85H,7-13,15-18,49H2,1-2H3,(H2,50,68)(H2,51,73)(H,52,53)(H,54,76)(H,55,77)(H,56,83)(H,57,74)(H,58,75)(H,59,81)(H,60,82)(H,61,78)(H,62,79)(H,63,80)(H,69,70)(H,71,72)/t20-,21+,25-,26-,27-,28-,29-,30-,31-,32-,33-,37-/m0/s1. The summed E-state index contributed by atoms with van der Waals surface area (Å²) >= 11 is 8.05. The number of aromatic hydroxyl groups is 1. The predicted molar refractivity (Wildman–Crippen MR) is 297 cm³/mol. The number of aliphatic carboxylic acids is 2. The molecule has 0 aliphatic rings. The molecule has 23 N–H and O–H groups in total. The molecule has 0 bridgehead atoms. The Bertz CT molecular complexity index is 2690. The summed E-state index contributed by atoms with van der Waals surface area (Å²) in [4.78, 5) is 189. The summed E-state index contributed by atoms with van der Waals surface area (Å²) < 4.78 is 0. The van der Waals surface area contributed by atoms with Gasteiger partial charge >= 0.3 is 11.9 Å². The Balaban J connectivity index is 2.32. The molecular weight excluding hydrogens is 1170 g/mol. The van der Waals surface area contributed by atoms with Crippen molar-refractivity contribution in [2.75, 3.05) is 24.7 Å². The molecule has 1 aromatic carbocycles. The molecule has 0 unspecified atom stereocenters. The molecule has 37 heteroatoms. The molecule has 470 valence electrons. The minimum Gasteiger partial charge on any atom is -0.508 e. The van der Waals surface area contributed by atoms with Gasteiger partial charge in [0.2, 0.25) is 70.9 Å². The first-order chi connectivity index (χ1) is 39.9. The Morgan fingerprint density at radius 3 is 1.51 bits per heavy atom. The van der Waals surface area contributed by atoms with Crippen molar-refractivity contribution in [2.24, 2.45) is 17.2 Å². The number of carboxylic acids is 2.